The van der Waals surface area contributed by atoms with Gasteiger partial charge in [-0.15, -0.1) is 10.2 Å². The maximum atomic E-state index is 14.0. The minimum absolute atomic E-state index is 0.194. The number of hydrogen-bond acceptors (Lipinski definition) is 3. The molecular formula is C22H18FN3S. The highest BCUT2D eigenvalue weighted by molar-refractivity contribution is 7.98. The van der Waals surface area contributed by atoms with Crippen molar-refractivity contribution in [3.05, 3.63) is 108 Å². The zero-order chi connectivity index (χ0) is 18.5. The highest BCUT2D eigenvalue weighted by Gasteiger charge is 2.15. The molecule has 0 radical (unpaired) electrons. The first-order valence-corrected chi connectivity index (χ1v) is 9.69. The van der Waals surface area contributed by atoms with Crippen LogP contribution in [-0.4, -0.2) is 14.8 Å². The van der Waals surface area contributed by atoms with Crippen molar-refractivity contribution in [3.63, 3.8) is 0 Å². The number of rotatable bonds is 6. The van der Waals surface area contributed by atoms with Crippen molar-refractivity contribution in [2.45, 2.75) is 17.3 Å². The van der Waals surface area contributed by atoms with Crippen molar-refractivity contribution < 1.29 is 4.39 Å². The Labute approximate surface area is 161 Å². The Hall–Kier alpha value is -2.92. The van der Waals surface area contributed by atoms with Crippen LogP contribution in [0.5, 0.6) is 0 Å². The van der Waals surface area contributed by atoms with Crippen LogP contribution in [-0.2, 0) is 12.2 Å². The van der Waals surface area contributed by atoms with Gasteiger partial charge in [-0.25, -0.2) is 4.39 Å². The van der Waals surface area contributed by atoms with E-state index in [1.54, 1.807) is 12.1 Å². The van der Waals surface area contributed by atoms with Gasteiger partial charge in [-0.3, -0.25) is 4.57 Å². The first kappa shape index (κ1) is 17.5. The molecular weight excluding hydrogens is 357 g/mol. The summed E-state index contributed by atoms with van der Waals surface area (Å²) in [5, 5.41) is 9.57. The molecule has 27 heavy (non-hydrogen) atoms. The predicted octanol–water partition coefficient (Wildman–Crippen LogP) is 5.29. The highest BCUT2D eigenvalue weighted by Crippen LogP contribution is 2.27. The fraction of sp³-hybridized carbons (Fsp3) is 0.0909. The van der Waals surface area contributed by atoms with E-state index in [9.17, 15) is 4.39 Å². The summed E-state index contributed by atoms with van der Waals surface area (Å²) >= 11 is 1.49. The molecule has 0 aliphatic carbocycles. The van der Waals surface area contributed by atoms with Crippen molar-refractivity contribution in [1.29, 1.82) is 0 Å². The molecule has 0 aliphatic heterocycles. The molecule has 1 heterocycles. The van der Waals surface area contributed by atoms with E-state index in [1.807, 2.05) is 54.6 Å². The predicted molar refractivity (Wildman–Crippen MR) is 107 cm³/mol. The minimum atomic E-state index is -0.194. The molecule has 4 aromatic rings. The van der Waals surface area contributed by atoms with E-state index in [1.165, 1.54) is 23.4 Å². The van der Waals surface area contributed by atoms with Gasteiger partial charge in [-0.2, -0.15) is 0 Å². The second-order valence-electron chi connectivity index (χ2n) is 6.11. The van der Waals surface area contributed by atoms with Crippen molar-refractivity contribution in [1.82, 2.24) is 14.8 Å². The van der Waals surface area contributed by atoms with Gasteiger partial charge in [0.25, 0.3) is 0 Å². The van der Waals surface area contributed by atoms with Crippen LogP contribution >= 0.6 is 11.8 Å². The summed E-state index contributed by atoms with van der Waals surface area (Å²) in [6, 6.07) is 27.1. The van der Waals surface area contributed by atoms with Gasteiger partial charge in [-0.05, 0) is 29.3 Å². The topological polar surface area (TPSA) is 30.7 Å². The number of nitrogens with zero attached hydrogens (tertiary/aromatic N) is 3. The number of benzene rings is 3. The van der Waals surface area contributed by atoms with Crippen LogP contribution < -0.4 is 0 Å². The van der Waals surface area contributed by atoms with Gasteiger partial charge in [0.15, 0.2) is 5.16 Å². The van der Waals surface area contributed by atoms with Crippen molar-refractivity contribution >= 4 is 11.8 Å². The van der Waals surface area contributed by atoms with Crippen LogP contribution in [0.25, 0.3) is 5.69 Å². The molecule has 0 atom stereocenters. The zero-order valence-electron chi connectivity index (χ0n) is 14.6. The summed E-state index contributed by atoms with van der Waals surface area (Å²) in [5.41, 5.74) is 2.84. The van der Waals surface area contributed by atoms with E-state index < -0.39 is 0 Å². The standard InChI is InChI=1S/C22H18FN3S/c23-20-14-8-7-11-18(20)16-27-22-25-24-21(15-17-9-3-1-4-10-17)26(22)19-12-5-2-6-13-19/h1-14H,15-16H2. The molecule has 3 aromatic carbocycles. The molecule has 134 valence electrons. The molecule has 0 N–H and O–H groups in total. The summed E-state index contributed by atoms with van der Waals surface area (Å²) in [5.74, 6) is 1.17. The summed E-state index contributed by atoms with van der Waals surface area (Å²) in [4.78, 5) is 0. The molecule has 0 bridgehead atoms. The van der Waals surface area contributed by atoms with Crippen LogP contribution in [0.4, 0.5) is 4.39 Å². The van der Waals surface area contributed by atoms with E-state index in [-0.39, 0.29) is 5.82 Å². The van der Waals surface area contributed by atoms with Crippen molar-refractivity contribution in [3.8, 4) is 5.69 Å². The fourth-order valence-electron chi connectivity index (χ4n) is 2.88. The summed E-state index contributed by atoms with van der Waals surface area (Å²) in [6.07, 6.45) is 0.684. The SMILES string of the molecule is Fc1ccccc1CSc1nnc(Cc2ccccc2)n1-c1ccccc1. The average molecular weight is 375 g/mol. The zero-order valence-corrected chi connectivity index (χ0v) is 15.4. The van der Waals surface area contributed by atoms with Crippen molar-refractivity contribution in [2.75, 3.05) is 0 Å². The van der Waals surface area contributed by atoms with Gasteiger partial charge in [-0.1, -0.05) is 78.5 Å². The van der Waals surface area contributed by atoms with Crippen LogP contribution in [0.3, 0.4) is 0 Å². The highest BCUT2D eigenvalue weighted by atomic mass is 32.2. The monoisotopic (exact) mass is 375 g/mol. The lowest BCUT2D eigenvalue weighted by molar-refractivity contribution is 0.617. The quantitative estimate of drug-likeness (QED) is 0.429. The Morgan fingerprint density at radius 2 is 1.44 bits per heavy atom. The molecule has 0 fully saturated rings. The van der Waals surface area contributed by atoms with Crippen LogP contribution in [0.15, 0.2) is 90.1 Å². The lowest BCUT2D eigenvalue weighted by Crippen LogP contribution is -2.03. The molecule has 0 amide bonds. The smallest absolute Gasteiger partial charge is 0.196 e. The molecule has 0 saturated heterocycles. The molecule has 0 unspecified atom stereocenters. The van der Waals surface area contributed by atoms with Crippen LogP contribution in [0.1, 0.15) is 17.0 Å². The van der Waals surface area contributed by atoms with Crippen LogP contribution in [0.2, 0.25) is 0 Å². The Balaban J connectivity index is 1.66. The van der Waals surface area contributed by atoms with Gasteiger partial charge >= 0.3 is 0 Å². The van der Waals surface area contributed by atoms with Gasteiger partial charge in [0.2, 0.25) is 0 Å². The van der Waals surface area contributed by atoms with Gasteiger partial charge in [0.05, 0.1) is 0 Å². The number of para-hydroxylation sites is 1. The van der Waals surface area contributed by atoms with Gasteiger partial charge < -0.3 is 0 Å². The maximum absolute atomic E-state index is 14.0. The van der Waals surface area contributed by atoms with E-state index >= 15 is 0 Å². The van der Waals surface area contributed by atoms with E-state index in [4.69, 9.17) is 0 Å². The fourth-order valence-corrected chi connectivity index (χ4v) is 3.84. The third kappa shape index (κ3) is 4.09. The lowest BCUT2D eigenvalue weighted by Gasteiger charge is -2.10. The summed E-state index contributed by atoms with van der Waals surface area (Å²) < 4.78 is 16.0. The third-order valence-corrected chi connectivity index (χ3v) is 5.21. The summed E-state index contributed by atoms with van der Waals surface area (Å²) in [7, 11) is 0. The number of thioether (sulfide) groups is 1. The molecule has 0 spiro atoms. The Bertz CT molecular complexity index is 1020. The van der Waals surface area contributed by atoms with Gasteiger partial charge in [0, 0.05) is 17.9 Å². The van der Waals surface area contributed by atoms with Gasteiger partial charge in [0.1, 0.15) is 11.6 Å². The largest absolute Gasteiger partial charge is 0.274 e. The minimum Gasteiger partial charge on any atom is -0.274 e. The Kier molecular flexibility index (Phi) is 5.30. The molecule has 5 heteroatoms. The number of halogens is 1. The maximum Gasteiger partial charge on any atom is 0.196 e. The second kappa shape index (κ2) is 8.18. The van der Waals surface area contributed by atoms with E-state index in [0.717, 1.165) is 16.7 Å². The summed E-state index contributed by atoms with van der Waals surface area (Å²) in [6.45, 7) is 0. The average Bonchev–Trinajstić information content (AvgIpc) is 3.11. The lowest BCUT2D eigenvalue weighted by atomic mass is 10.1. The Morgan fingerprint density at radius 1 is 0.778 bits per heavy atom. The van der Waals surface area contributed by atoms with Crippen molar-refractivity contribution in [2.24, 2.45) is 0 Å². The normalized spacial score (nSPS) is 10.9. The molecule has 0 saturated carbocycles. The molecule has 4 rings (SSSR count). The van der Waals surface area contributed by atoms with E-state index in [2.05, 4.69) is 26.9 Å². The molecule has 3 nitrogen and oxygen atoms in total. The Morgan fingerprint density at radius 3 is 2.19 bits per heavy atom. The first-order chi connectivity index (χ1) is 13.3. The number of hydrogen-bond donors (Lipinski definition) is 0. The number of aromatic nitrogens is 3. The molecule has 1 aromatic heterocycles. The molecule has 0 aliphatic rings. The van der Waals surface area contributed by atoms with Crippen LogP contribution in [0, 0.1) is 5.82 Å². The first-order valence-electron chi connectivity index (χ1n) is 8.71. The second-order valence-corrected chi connectivity index (χ2v) is 7.05. The van der Waals surface area contributed by atoms with E-state index in [0.29, 0.717) is 17.7 Å². The third-order valence-electron chi connectivity index (χ3n) is 4.23.